The van der Waals surface area contributed by atoms with Crippen LogP contribution in [0.15, 0.2) is 29.2 Å². The Balaban J connectivity index is 2.14. The number of benzene rings is 1. The van der Waals surface area contributed by atoms with Gasteiger partial charge in [-0.25, -0.2) is 4.31 Å². The van der Waals surface area contributed by atoms with Gasteiger partial charge in [0.2, 0.25) is 0 Å². The quantitative estimate of drug-likeness (QED) is 0.825. The average molecular weight is 262 g/mol. The first-order valence-electron chi connectivity index (χ1n) is 5.37. The second-order valence-corrected chi connectivity index (χ2v) is 4.90. The van der Waals surface area contributed by atoms with Gasteiger partial charge in [0, 0.05) is 31.1 Å². The summed E-state index contributed by atoms with van der Waals surface area (Å²) in [4.78, 5) is 0.280. The molecule has 1 heterocycles. The van der Waals surface area contributed by atoms with E-state index >= 15 is 0 Å². The van der Waals surface area contributed by atoms with Crippen LogP contribution in [-0.2, 0) is 6.18 Å². The van der Waals surface area contributed by atoms with Crippen LogP contribution in [0.4, 0.5) is 13.2 Å². The van der Waals surface area contributed by atoms with Crippen LogP contribution >= 0.6 is 11.9 Å². The minimum atomic E-state index is -4.28. The summed E-state index contributed by atoms with van der Waals surface area (Å²) in [5, 5.41) is 3.17. The van der Waals surface area contributed by atoms with Gasteiger partial charge >= 0.3 is 6.18 Å². The molecule has 1 aromatic rings. The van der Waals surface area contributed by atoms with Crippen molar-refractivity contribution in [2.24, 2.45) is 0 Å². The summed E-state index contributed by atoms with van der Waals surface area (Å²) in [6.07, 6.45) is -4.28. The van der Waals surface area contributed by atoms with Crippen molar-refractivity contribution in [2.45, 2.75) is 11.1 Å². The second kappa shape index (κ2) is 5.29. The molecular weight excluding hydrogens is 249 g/mol. The fraction of sp³-hybridized carbons (Fsp3) is 0.455. The Morgan fingerprint density at radius 3 is 2.41 bits per heavy atom. The monoisotopic (exact) mass is 262 g/mol. The van der Waals surface area contributed by atoms with E-state index in [4.69, 9.17) is 0 Å². The van der Waals surface area contributed by atoms with Crippen molar-refractivity contribution in [3.63, 3.8) is 0 Å². The van der Waals surface area contributed by atoms with Gasteiger partial charge in [-0.05, 0) is 24.1 Å². The Morgan fingerprint density at radius 2 is 1.76 bits per heavy atom. The van der Waals surface area contributed by atoms with Crippen molar-refractivity contribution in [3.05, 3.63) is 29.8 Å². The summed E-state index contributed by atoms with van der Waals surface area (Å²) in [5.74, 6) is 0. The standard InChI is InChI=1S/C11H13F3N2S/c12-11(13,14)9-3-1-2-4-10(9)17-16-7-5-15-6-8-16/h1-4,15H,5-8H2. The van der Waals surface area contributed by atoms with Crippen molar-refractivity contribution in [3.8, 4) is 0 Å². The Morgan fingerprint density at radius 1 is 1.12 bits per heavy atom. The number of rotatable bonds is 2. The molecule has 0 radical (unpaired) electrons. The molecule has 1 aliphatic rings. The van der Waals surface area contributed by atoms with E-state index in [9.17, 15) is 13.2 Å². The van der Waals surface area contributed by atoms with Gasteiger partial charge in [0.1, 0.15) is 0 Å². The van der Waals surface area contributed by atoms with E-state index in [0.717, 1.165) is 32.2 Å². The van der Waals surface area contributed by atoms with Crippen molar-refractivity contribution >= 4 is 11.9 Å². The van der Waals surface area contributed by atoms with Gasteiger partial charge in [-0.1, -0.05) is 12.1 Å². The van der Waals surface area contributed by atoms with Gasteiger partial charge in [0.25, 0.3) is 0 Å². The first kappa shape index (κ1) is 12.7. The molecular formula is C11H13F3N2S. The van der Waals surface area contributed by atoms with Crippen LogP contribution in [0.25, 0.3) is 0 Å². The van der Waals surface area contributed by atoms with Crippen LogP contribution in [0.2, 0.25) is 0 Å². The molecule has 6 heteroatoms. The fourth-order valence-electron chi connectivity index (χ4n) is 1.66. The Bertz CT molecular complexity index is 375. The van der Waals surface area contributed by atoms with Crippen LogP contribution < -0.4 is 5.32 Å². The lowest BCUT2D eigenvalue weighted by molar-refractivity contribution is -0.139. The smallest absolute Gasteiger partial charge is 0.314 e. The van der Waals surface area contributed by atoms with E-state index in [1.54, 1.807) is 6.07 Å². The minimum absolute atomic E-state index is 0.280. The van der Waals surface area contributed by atoms with Crippen LogP contribution in [0.3, 0.4) is 0 Å². The van der Waals surface area contributed by atoms with Crippen LogP contribution in [0, 0.1) is 0 Å². The van der Waals surface area contributed by atoms with E-state index < -0.39 is 11.7 Å². The molecule has 0 bridgehead atoms. The van der Waals surface area contributed by atoms with E-state index in [1.165, 1.54) is 24.1 Å². The maximum absolute atomic E-state index is 12.8. The highest BCUT2D eigenvalue weighted by Crippen LogP contribution is 2.37. The summed E-state index contributed by atoms with van der Waals surface area (Å²) < 4.78 is 40.2. The molecule has 0 unspecified atom stereocenters. The Kier molecular flexibility index (Phi) is 3.96. The van der Waals surface area contributed by atoms with Gasteiger partial charge in [0.05, 0.1) is 5.56 Å². The third-order valence-electron chi connectivity index (χ3n) is 2.50. The molecule has 2 rings (SSSR count). The number of hydrogen-bond donors (Lipinski definition) is 1. The first-order valence-corrected chi connectivity index (χ1v) is 6.14. The summed E-state index contributed by atoms with van der Waals surface area (Å²) >= 11 is 1.19. The molecule has 2 nitrogen and oxygen atoms in total. The second-order valence-electron chi connectivity index (χ2n) is 3.76. The fourth-order valence-corrected chi connectivity index (χ4v) is 2.72. The number of halogens is 3. The van der Waals surface area contributed by atoms with E-state index in [0.29, 0.717) is 0 Å². The maximum Gasteiger partial charge on any atom is 0.417 e. The average Bonchev–Trinajstić information content (AvgIpc) is 2.30. The number of hydrogen-bond acceptors (Lipinski definition) is 3. The molecule has 1 aromatic carbocycles. The normalized spacial score (nSPS) is 18.3. The van der Waals surface area contributed by atoms with Crippen LogP contribution in [0.1, 0.15) is 5.56 Å². The zero-order chi connectivity index (χ0) is 12.3. The zero-order valence-electron chi connectivity index (χ0n) is 9.13. The van der Waals surface area contributed by atoms with Gasteiger partial charge < -0.3 is 5.32 Å². The van der Waals surface area contributed by atoms with Crippen molar-refractivity contribution in [2.75, 3.05) is 26.2 Å². The van der Waals surface area contributed by atoms with Gasteiger partial charge in [-0.2, -0.15) is 13.2 Å². The Hall–Kier alpha value is -0.720. The number of nitrogens with one attached hydrogen (secondary N) is 1. The van der Waals surface area contributed by atoms with Gasteiger partial charge in [-0.15, -0.1) is 0 Å². The summed E-state index contributed by atoms with van der Waals surface area (Å²) in [6.45, 7) is 3.16. The molecule has 17 heavy (non-hydrogen) atoms. The summed E-state index contributed by atoms with van der Waals surface area (Å²) in [6, 6.07) is 5.71. The van der Waals surface area contributed by atoms with Crippen molar-refractivity contribution in [1.29, 1.82) is 0 Å². The third kappa shape index (κ3) is 3.37. The van der Waals surface area contributed by atoms with Crippen LogP contribution in [0.5, 0.6) is 0 Å². The zero-order valence-corrected chi connectivity index (χ0v) is 9.94. The summed E-state index contributed by atoms with van der Waals surface area (Å²) in [7, 11) is 0. The highest BCUT2D eigenvalue weighted by atomic mass is 32.2. The first-order chi connectivity index (χ1) is 8.07. The molecule has 94 valence electrons. The molecule has 1 saturated heterocycles. The van der Waals surface area contributed by atoms with Crippen molar-refractivity contribution < 1.29 is 13.2 Å². The van der Waals surface area contributed by atoms with E-state index in [1.807, 2.05) is 4.31 Å². The molecule has 0 spiro atoms. The highest BCUT2D eigenvalue weighted by molar-refractivity contribution is 7.97. The lowest BCUT2D eigenvalue weighted by Gasteiger charge is -2.26. The van der Waals surface area contributed by atoms with Crippen LogP contribution in [-0.4, -0.2) is 30.5 Å². The highest BCUT2D eigenvalue weighted by Gasteiger charge is 2.33. The molecule has 1 fully saturated rings. The number of alkyl halides is 3. The van der Waals surface area contributed by atoms with E-state index in [2.05, 4.69) is 5.32 Å². The van der Waals surface area contributed by atoms with Crippen molar-refractivity contribution in [1.82, 2.24) is 9.62 Å². The minimum Gasteiger partial charge on any atom is -0.314 e. The molecule has 1 aliphatic heterocycles. The predicted molar refractivity (Wildman–Crippen MR) is 61.7 cm³/mol. The lowest BCUT2D eigenvalue weighted by atomic mass is 10.2. The molecule has 0 amide bonds. The third-order valence-corrected chi connectivity index (χ3v) is 3.67. The van der Waals surface area contributed by atoms with Gasteiger partial charge in [-0.3, -0.25) is 0 Å². The topological polar surface area (TPSA) is 15.3 Å². The summed E-state index contributed by atoms with van der Waals surface area (Å²) in [5.41, 5.74) is -0.552. The van der Waals surface area contributed by atoms with Gasteiger partial charge in [0.15, 0.2) is 0 Å². The molecule has 0 aromatic heterocycles. The molecule has 0 saturated carbocycles. The Labute approximate surface area is 102 Å². The molecule has 0 aliphatic carbocycles. The van der Waals surface area contributed by atoms with E-state index in [-0.39, 0.29) is 4.90 Å². The predicted octanol–water partition coefficient (Wildman–Crippen LogP) is 2.62. The molecule has 0 atom stereocenters. The maximum atomic E-state index is 12.8. The largest absolute Gasteiger partial charge is 0.417 e. The molecule has 1 N–H and O–H groups in total. The lowest BCUT2D eigenvalue weighted by Crippen LogP contribution is -2.39. The number of piperazine rings is 1. The number of nitrogens with zero attached hydrogens (tertiary/aromatic N) is 1. The SMILES string of the molecule is FC(F)(F)c1ccccc1SN1CCNCC1.